The number of ether oxygens (including phenoxy) is 2. The Morgan fingerprint density at radius 2 is 2.03 bits per heavy atom. The van der Waals surface area contributed by atoms with E-state index in [0.29, 0.717) is 17.4 Å². The van der Waals surface area contributed by atoms with E-state index in [9.17, 15) is 10.1 Å². The average molecular weight is 430 g/mol. The van der Waals surface area contributed by atoms with Crippen molar-refractivity contribution in [2.75, 3.05) is 27.9 Å². The first-order valence-corrected chi connectivity index (χ1v) is 9.98. The summed E-state index contributed by atoms with van der Waals surface area (Å²) in [6, 6.07) is 9.41. The second-order valence-electron chi connectivity index (χ2n) is 7.29. The summed E-state index contributed by atoms with van der Waals surface area (Å²) >= 11 is 6.08. The van der Waals surface area contributed by atoms with E-state index in [1.54, 1.807) is 45.5 Å². The number of aromatic nitrogens is 1. The van der Waals surface area contributed by atoms with Gasteiger partial charge in [0.1, 0.15) is 17.4 Å². The lowest BCUT2D eigenvalue weighted by atomic mass is 10.1. The molecule has 1 amide bonds. The Labute approximate surface area is 183 Å². The molecular formula is C23H28ClN3O3. The van der Waals surface area contributed by atoms with Gasteiger partial charge in [0.2, 0.25) is 0 Å². The Hall–Kier alpha value is -2.75. The molecule has 6 nitrogen and oxygen atoms in total. The van der Waals surface area contributed by atoms with Crippen LogP contribution in [0.3, 0.4) is 0 Å². The monoisotopic (exact) mass is 429 g/mol. The van der Waals surface area contributed by atoms with Crippen LogP contribution in [0.4, 0.5) is 0 Å². The van der Waals surface area contributed by atoms with Crippen LogP contribution in [0.2, 0.25) is 5.02 Å². The third-order valence-corrected chi connectivity index (χ3v) is 5.25. The van der Waals surface area contributed by atoms with Crippen LogP contribution in [-0.2, 0) is 16.1 Å². The summed E-state index contributed by atoms with van der Waals surface area (Å²) in [6.45, 7) is 6.89. The van der Waals surface area contributed by atoms with E-state index in [2.05, 4.69) is 11.5 Å². The Morgan fingerprint density at radius 1 is 1.33 bits per heavy atom. The number of carbonyl (C=O) groups excluding carboxylic acids is 1. The van der Waals surface area contributed by atoms with E-state index in [-0.39, 0.29) is 24.1 Å². The largest absolute Gasteiger partial charge is 0.496 e. The molecule has 0 saturated carbocycles. The predicted molar refractivity (Wildman–Crippen MR) is 119 cm³/mol. The minimum Gasteiger partial charge on any atom is -0.496 e. The number of benzene rings is 1. The highest BCUT2D eigenvalue weighted by molar-refractivity contribution is 6.30. The number of nitriles is 1. The molecule has 2 rings (SSSR count). The highest BCUT2D eigenvalue weighted by atomic mass is 35.5. The molecule has 0 aliphatic carbocycles. The Morgan fingerprint density at radius 3 is 2.63 bits per heavy atom. The number of halogens is 1. The lowest BCUT2D eigenvalue weighted by Crippen LogP contribution is -2.27. The first kappa shape index (κ1) is 23.5. The highest BCUT2D eigenvalue weighted by Crippen LogP contribution is 2.25. The van der Waals surface area contributed by atoms with Gasteiger partial charge < -0.3 is 18.9 Å². The van der Waals surface area contributed by atoms with Gasteiger partial charge in [-0.05, 0) is 56.7 Å². The maximum absolute atomic E-state index is 12.9. The molecule has 0 fully saturated rings. The third-order valence-electron chi connectivity index (χ3n) is 5.02. The van der Waals surface area contributed by atoms with Crippen LogP contribution in [0.25, 0.3) is 6.08 Å². The van der Waals surface area contributed by atoms with E-state index >= 15 is 0 Å². The number of amides is 1. The minimum atomic E-state index is -0.366. The van der Waals surface area contributed by atoms with Crippen LogP contribution in [-0.4, -0.2) is 43.2 Å². The van der Waals surface area contributed by atoms with Crippen LogP contribution in [0.15, 0.2) is 29.8 Å². The SMILES string of the molecule is COCC(C)n1c(C)cc(/C=C(/C#N)C(=O)N(C)Cc2cc(Cl)ccc2OC)c1C. The van der Waals surface area contributed by atoms with Crippen molar-refractivity contribution in [2.24, 2.45) is 0 Å². The van der Waals surface area contributed by atoms with Gasteiger partial charge in [-0.15, -0.1) is 0 Å². The zero-order chi connectivity index (χ0) is 22.4. The molecule has 30 heavy (non-hydrogen) atoms. The number of hydrogen-bond donors (Lipinski definition) is 0. The first-order valence-electron chi connectivity index (χ1n) is 9.60. The van der Waals surface area contributed by atoms with E-state index in [1.165, 1.54) is 4.90 Å². The average Bonchev–Trinajstić information content (AvgIpc) is 2.98. The second kappa shape index (κ2) is 10.3. The molecule has 1 atom stereocenters. The molecule has 0 saturated heterocycles. The van der Waals surface area contributed by atoms with Crippen molar-refractivity contribution < 1.29 is 14.3 Å². The van der Waals surface area contributed by atoms with Crippen molar-refractivity contribution in [1.82, 2.24) is 9.47 Å². The number of rotatable bonds is 8. The molecule has 0 N–H and O–H groups in total. The van der Waals surface area contributed by atoms with Crippen LogP contribution in [0, 0.1) is 25.2 Å². The molecule has 7 heteroatoms. The molecule has 0 aliphatic rings. The summed E-state index contributed by atoms with van der Waals surface area (Å²) in [5.41, 5.74) is 3.71. The summed E-state index contributed by atoms with van der Waals surface area (Å²) in [7, 11) is 4.88. The van der Waals surface area contributed by atoms with Gasteiger partial charge in [0.15, 0.2) is 0 Å². The van der Waals surface area contributed by atoms with E-state index < -0.39 is 0 Å². The van der Waals surface area contributed by atoms with E-state index in [4.69, 9.17) is 21.1 Å². The lowest BCUT2D eigenvalue weighted by Gasteiger charge is -2.19. The van der Waals surface area contributed by atoms with Gasteiger partial charge in [-0.2, -0.15) is 5.26 Å². The summed E-state index contributed by atoms with van der Waals surface area (Å²) in [4.78, 5) is 14.4. The van der Waals surface area contributed by atoms with Gasteiger partial charge in [0.25, 0.3) is 5.91 Å². The van der Waals surface area contributed by atoms with Crippen molar-refractivity contribution in [3.63, 3.8) is 0 Å². The van der Waals surface area contributed by atoms with E-state index in [0.717, 1.165) is 22.5 Å². The van der Waals surface area contributed by atoms with Gasteiger partial charge in [-0.3, -0.25) is 4.79 Å². The fourth-order valence-corrected chi connectivity index (χ4v) is 3.84. The molecule has 0 spiro atoms. The molecule has 1 heterocycles. The van der Waals surface area contributed by atoms with E-state index in [1.807, 2.05) is 26.0 Å². The summed E-state index contributed by atoms with van der Waals surface area (Å²) in [5, 5.41) is 10.2. The van der Waals surface area contributed by atoms with Crippen LogP contribution < -0.4 is 4.74 Å². The van der Waals surface area contributed by atoms with Gasteiger partial charge in [0.05, 0.1) is 19.8 Å². The standard InChI is InChI=1S/C23H28ClN3O3/c1-15-9-18(17(3)27(15)16(2)14-29-5)10-19(12-25)23(28)26(4)13-20-11-21(24)7-8-22(20)30-6/h7-11,16H,13-14H2,1-6H3/b19-10-. The van der Waals surface area contributed by atoms with Crippen LogP contribution in [0.1, 0.15) is 35.5 Å². The maximum atomic E-state index is 12.9. The number of nitrogens with zero attached hydrogens (tertiary/aromatic N) is 3. The smallest absolute Gasteiger partial charge is 0.264 e. The molecule has 0 radical (unpaired) electrons. The van der Waals surface area contributed by atoms with Gasteiger partial charge in [-0.1, -0.05) is 11.6 Å². The van der Waals surface area contributed by atoms with Crippen LogP contribution in [0.5, 0.6) is 5.75 Å². The predicted octanol–water partition coefficient (Wildman–Crippen LogP) is 4.54. The summed E-state index contributed by atoms with van der Waals surface area (Å²) in [6.07, 6.45) is 1.65. The van der Waals surface area contributed by atoms with Crippen molar-refractivity contribution in [2.45, 2.75) is 33.4 Å². The topological polar surface area (TPSA) is 67.5 Å². The highest BCUT2D eigenvalue weighted by Gasteiger charge is 2.19. The third kappa shape index (κ3) is 5.24. The van der Waals surface area contributed by atoms with Gasteiger partial charge >= 0.3 is 0 Å². The molecular weight excluding hydrogens is 402 g/mol. The normalized spacial score (nSPS) is 12.4. The molecule has 0 aliphatic heterocycles. The Bertz CT molecular complexity index is 988. The maximum Gasteiger partial charge on any atom is 0.264 e. The molecule has 160 valence electrons. The minimum absolute atomic E-state index is 0.0677. The number of aryl methyl sites for hydroxylation is 1. The van der Waals surface area contributed by atoms with Crippen molar-refractivity contribution >= 4 is 23.6 Å². The zero-order valence-corrected chi connectivity index (χ0v) is 19.1. The number of likely N-dealkylation sites (N-methyl/N-ethyl adjacent to an activating group) is 1. The summed E-state index contributed by atoms with van der Waals surface area (Å²) in [5.74, 6) is 0.270. The first-order chi connectivity index (χ1) is 14.2. The quantitative estimate of drug-likeness (QED) is 0.456. The van der Waals surface area contributed by atoms with Gasteiger partial charge in [-0.25, -0.2) is 0 Å². The molecule has 2 aromatic rings. The molecule has 1 aromatic carbocycles. The molecule has 1 aromatic heterocycles. The zero-order valence-electron chi connectivity index (χ0n) is 18.3. The fourth-order valence-electron chi connectivity index (χ4n) is 3.64. The number of carbonyl (C=O) groups is 1. The number of methoxy groups -OCH3 is 2. The fraction of sp³-hybridized carbons (Fsp3) is 0.391. The van der Waals surface area contributed by atoms with Crippen molar-refractivity contribution in [3.05, 3.63) is 57.4 Å². The Kier molecular flexibility index (Phi) is 8.10. The Balaban J connectivity index is 2.31. The number of hydrogen-bond acceptors (Lipinski definition) is 4. The lowest BCUT2D eigenvalue weighted by molar-refractivity contribution is -0.125. The second-order valence-corrected chi connectivity index (χ2v) is 7.72. The van der Waals surface area contributed by atoms with Crippen molar-refractivity contribution in [1.29, 1.82) is 5.26 Å². The van der Waals surface area contributed by atoms with Gasteiger partial charge in [0, 0.05) is 42.7 Å². The van der Waals surface area contributed by atoms with Crippen LogP contribution >= 0.6 is 11.6 Å². The summed E-state index contributed by atoms with van der Waals surface area (Å²) < 4.78 is 12.8. The molecule has 0 bridgehead atoms. The molecule has 1 unspecified atom stereocenters. The van der Waals surface area contributed by atoms with Crippen molar-refractivity contribution in [3.8, 4) is 11.8 Å².